The van der Waals surface area contributed by atoms with Gasteiger partial charge in [0.25, 0.3) is 0 Å². The molecule has 0 aromatic heterocycles. The molecule has 1 aliphatic rings. The first-order valence-electron chi connectivity index (χ1n) is 6.94. The van der Waals surface area contributed by atoms with Crippen LogP contribution in [0.3, 0.4) is 0 Å². The number of nitrogens with one attached hydrogen (secondary N) is 2. The first kappa shape index (κ1) is 15.7. The van der Waals surface area contributed by atoms with Crippen LogP contribution in [0.1, 0.15) is 35.2 Å². The Balaban J connectivity index is 1.96. The summed E-state index contributed by atoms with van der Waals surface area (Å²) >= 11 is 1.84. The van der Waals surface area contributed by atoms with E-state index in [-0.39, 0.29) is 17.6 Å². The lowest BCUT2D eigenvalue weighted by Crippen LogP contribution is -2.36. The summed E-state index contributed by atoms with van der Waals surface area (Å²) in [4.78, 5) is 23.0. The predicted molar refractivity (Wildman–Crippen MR) is 85.2 cm³/mol. The monoisotopic (exact) mass is 308 g/mol. The van der Waals surface area contributed by atoms with Gasteiger partial charge in [-0.3, -0.25) is 0 Å². The normalized spacial score (nSPS) is 21.0. The number of thioether (sulfide) groups is 1. The van der Waals surface area contributed by atoms with E-state index in [1.54, 1.807) is 6.07 Å². The van der Waals surface area contributed by atoms with Crippen LogP contribution in [-0.2, 0) is 0 Å². The Hall–Kier alpha value is -1.69. The van der Waals surface area contributed by atoms with Gasteiger partial charge in [0.2, 0.25) is 0 Å². The molecule has 0 heterocycles. The van der Waals surface area contributed by atoms with Gasteiger partial charge in [-0.15, -0.1) is 0 Å². The van der Waals surface area contributed by atoms with Crippen LogP contribution in [-0.4, -0.2) is 34.7 Å². The summed E-state index contributed by atoms with van der Waals surface area (Å²) in [6.07, 6.45) is 5.20. The number of aryl methyl sites for hydroxylation is 1. The van der Waals surface area contributed by atoms with Gasteiger partial charge < -0.3 is 15.7 Å². The molecule has 0 bridgehead atoms. The number of carbonyl (C=O) groups excluding carboxylic acids is 1. The standard InChI is InChI=1S/C15H20N2O3S/c1-9-3-4-10(14(18)19)7-13(9)17-15(20)16-11-5-6-12(8-11)21-2/h3-4,7,11-12H,5-6,8H2,1-2H3,(H,18,19)(H2,16,17,20). The maximum atomic E-state index is 12.0. The lowest BCUT2D eigenvalue weighted by molar-refractivity contribution is 0.0697. The van der Waals surface area contributed by atoms with E-state index in [2.05, 4.69) is 16.9 Å². The van der Waals surface area contributed by atoms with Crippen molar-refractivity contribution < 1.29 is 14.7 Å². The number of carboxylic acid groups (broad SMARTS) is 1. The van der Waals surface area contributed by atoms with Crippen LogP contribution in [0.25, 0.3) is 0 Å². The van der Waals surface area contributed by atoms with Gasteiger partial charge in [0, 0.05) is 17.0 Å². The first-order chi connectivity index (χ1) is 9.99. The molecule has 2 amide bonds. The zero-order valence-corrected chi connectivity index (χ0v) is 13.0. The minimum Gasteiger partial charge on any atom is -0.478 e. The van der Waals surface area contributed by atoms with Gasteiger partial charge >= 0.3 is 12.0 Å². The predicted octanol–water partition coefficient (Wildman–Crippen LogP) is 3.10. The van der Waals surface area contributed by atoms with Gasteiger partial charge in [-0.05, 0) is 50.1 Å². The molecular formula is C15H20N2O3S. The molecule has 2 atom stereocenters. The third kappa shape index (κ3) is 4.14. The summed E-state index contributed by atoms with van der Waals surface area (Å²) in [6.45, 7) is 1.83. The Morgan fingerprint density at radius 2 is 2.10 bits per heavy atom. The summed E-state index contributed by atoms with van der Waals surface area (Å²) in [5.74, 6) is -1.00. The number of carboxylic acids is 1. The number of hydrogen-bond acceptors (Lipinski definition) is 3. The van der Waals surface area contributed by atoms with Gasteiger partial charge in [0.05, 0.1) is 5.56 Å². The van der Waals surface area contributed by atoms with Crippen molar-refractivity contribution in [3.8, 4) is 0 Å². The molecule has 1 aliphatic carbocycles. The van der Waals surface area contributed by atoms with Crippen LogP contribution < -0.4 is 10.6 Å². The lowest BCUT2D eigenvalue weighted by Gasteiger charge is -2.15. The van der Waals surface area contributed by atoms with Crippen LogP contribution in [0.15, 0.2) is 18.2 Å². The van der Waals surface area contributed by atoms with Gasteiger partial charge in [-0.25, -0.2) is 9.59 Å². The third-order valence-corrected chi connectivity index (χ3v) is 4.88. The van der Waals surface area contributed by atoms with E-state index in [1.807, 2.05) is 18.7 Å². The minimum absolute atomic E-state index is 0.166. The molecule has 0 spiro atoms. The Kier molecular flexibility index (Phi) is 5.12. The zero-order chi connectivity index (χ0) is 15.4. The van der Waals surface area contributed by atoms with E-state index in [0.717, 1.165) is 24.8 Å². The maximum absolute atomic E-state index is 12.0. The molecule has 0 saturated heterocycles. The van der Waals surface area contributed by atoms with E-state index in [4.69, 9.17) is 5.11 Å². The average Bonchev–Trinajstić information content (AvgIpc) is 2.88. The van der Waals surface area contributed by atoms with Crippen molar-refractivity contribution in [3.63, 3.8) is 0 Å². The van der Waals surface area contributed by atoms with Crippen LogP contribution >= 0.6 is 11.8 Å². The smallest absolute Gasteiger partial charge is 0.335 e. The second-order valence-corrected chi connectivity index (χ2v) is 6.44. The highest BCUT2D eigenvalue weighted by molar-refractivity contribution is 7.99. The summed E-state index contributed by atoms with van der Waals surface area (Å²) < 4.78 is 0. The molecule has 0 radical (unpaired) electrons. The average molecular weight is 308 g/mol. The number of aromatic carboxylic acids is 1. The number of rotatable bonds is 4. The highest BCUT2D eigenvalue weighted by atomic mass is 32.2. The highest BCUT2D eigenvalue weighted by Crippen LogP contribution is 2.28. The minimum atomic E-state index is -1.00. The Bertz CT molecular complexity index is 548. The number of benzene rings is 1. The number of carbonyl (C=O) groups is 2. The number of amides is 2. The first-order valence-corrected chi connectivity index (χ1v) is 8.22. The molecule has 114 valence electrons. The van der Waals surface area contributed by atoms with E-state index in [9.17, 15) is 9.59 Å². The van der Waals surface area contributed by atoms with E-state index < -0.39 is 5.97 Å². The van der Waals surface area contributed by atoms with Crippen molar-refractivity contribution in [1.29, 1.82) is 0 Å². The molecule has 0 aliphatic heterocycles. The molecule has 2 rings (SSSR count). The summed E-state index contributed by atoms with van der Waals surface area (Å²) in [6, 6.07) is 4.63. The summed E-state index contributed by atoms with van der Waals surface area (Å²) in [7, 11) is 0. The van der Waals surface area contributed by atoms with Gasteiger partial charge in [-0.2, -0.15) is 11.8 Å². The SMILES string of the molecule is CSC1CCC(NC(=O)Nc2cc(C(=O)O)ccc2C)C1. The van der Waals surface area contributed by atoms with Crippen molar-refractivity contribution in [1.82, 2.24) is 5.32 Å². The molecule has 3 N–H and O–H groups in total. The fourth-order valence-electron chi connectivity index (χ4n) is 2.52. The second kappa shape index (κ2) is 6.85. The van der Waals surface area contributed by atoms with Crippen molar-refractivity contribution >= 4 is 29.4 Å². The molecule has 6 heteroatoms. The molecule has 1 aromatic rings. The molecule has 21 heavy (non-hydrogen) atoms. The van der Waals surface area contributed by atoms with Gasteiger partial charge in [-0.1, -0.05) is 6.07 Å². The topological polar surface area (TPSA) is 78.4 Å². The van der Waals surface area contributed by atoms with E-state index in [0.29, 0.717) is 10.9 Å². The van der Waals surface area contributed by atoms with Crippen molar-refractivity contribution in [3.05, 3.63) is 29.3 Å². The Morgan fingerprint density at radius 3 is 2.71 bits per heavy atom. The van der Waals surface area contributed by atoms with Crippen LogP contribution in [0.2, 0.25) is 0 Å². The van der Waals surface area contributed by atoms with Gasteiger partial charge in [0.1, 0.15) is 0 Å². The molecule has 1 fully saturated rings. The summed E-state index contributed by atoms with van der Waals surface area (Å²) in [5, 5.41) is 15.3. The fraction of sp³-hybridized carbons (Fsp3) is 0.467. The largest absolute Gasteiger partial charge is 0.478 e. The second-order valence-electron chi connectivity index (χ2n) is 5.30. The molecule has 1 aromatic carbocycles. The maximum Gasteiger partial charge on any atom is 0.335 e. The number of anilines is 1. The van der Waals surface area contributed by atoms with E-state index in [1.165, 1.54) is 12.1 Å². The molecule has 2 unspecified atom stereocenters. The zero-order valence-electron chi connectivity index (χ0n) is 12.2. The Labute approximate surface area is 128 Å². The lowest BCUT2D eigenvalue weighted by atomic mass is 10.1. The van der Waals surface area contributed by atoms with Gasteiger partial charge in [0.15, 0.2) is 0 Å². The molecule has 5 nitrogen and oxygen atoms in total. The quantitative estimate of drug-likeness (QED) is 0.798. The van der Waals surface area contributed by atoms with Crippen LogP contribution in [0.5, 0.6) is 0 Å². The Morgan fingerprint density at radius 1 is 1.33 bits per heavy atom. The van der Waals surface area contributed by atoms with Crippen molar-refractivity contribution in [2.75, 3.05) is 11.6 Å². The number of hydrogen-bond donors (Lipinski definition) is 3. The highest BCUT2D eigenvalue weighted by Gasteiger charge is 2.25. The number of urea groups is 1. The van der Waals surface area contributed by atoms with E-state index >= 15 is 0 Å². The molecular weight excluding hydrogens is 288 g/mol. The van der Waals surface area contributed by atoms with Crippen molar-refractivity contribution in [2.24, 2.45) is 0 Å². The van der Waals surface area contributed by atoms with Crippen LogP contribution in [0, 0.1) is 6.92 Å². The third-order valence-electron chi connectivity index (χ3n) is 3.79. The van der Waals surface area contributed by atoms with Crippen molar-refractivity contribution in [2.45, 2.75) is 37.5 Å². The molecule has 1 saturated carbocycles. The van der Waals surface area contributed by atoms with Crippen LogP contribution in [0.4, 0.5) is 10.5 Å². The summed E-state index contributed by atoms with van der Waals surface area (Å²) in [5.41, 5.74) is 1.54. The fourth-order valence-corrected chi connectivity index (χ4v) is 3.32.